The fourth-order valence-corrected chi connectivity index (χ4v) is 2.18. The lowest BCUT2D eigenvalue weighted by Crippen LogP contribution is -2.36. The van der Waals surface area contributed by atoms with Crippen molar-refractivity contribution in [2.75, 3.05) is 25.5 Å². The van der Waals surface area contributed by atoms with Gasteiger partial charge in [-0.2, -0.15) is 0 Å². The van der Waals surface area contributed by atoms with Crippen molar-refractivity contribution in [2.24, 2.45) is 0 Å². The second-order valence-electron chi connectivity index (χ2n) is 5.07. The van der Waals surface area contributed by atoms with E-state index in [0.29, 0.717) is 18.1 Å². The first-order valence-corrected chi connectivity index (χ1v) is 7.18. The number of carbonyl (C=O) groups is 1. The SMILES string of the molecule is CN(Cc1ccccc1)C(=O)CN(C)c1ccc(Cl)cc1. The van der Waals surface area contributed by atoms with Gasteiger partial charge in [-0.3, -0.25) is 4.79 Å². The van der Waals surface area contributed by atoms with Crippen molar-refractivity contribution in [3.63, 3.8) is 0 Å². The normalized spacial score (nSPS) is 10.2. The first-order chi connectivity index (χ1) is 10.1. The molecule has 0 spiro atoms. The Morgan fingerprint density at radius 3 is 2.24 bits per heavy atom. The molecule has 0 aliphatic rings. The molecule has 0 heterocycles. The van der Waals surface area contributed by atoms with E-state index in [1.54, 1.807) is 4.90 Å². The molecule has 0 N–H and O–H groups in total. The second kappa shape index (κ2) is 7.14. The highest BCUT2D eigenvalue weighted by Crippen LogP contribution is 2.16. The van der Waals surface area contributed by atoms with Crippen molar-refractivity contribution in [3.05, 3.63) is 65.2 Å². The molecule has 0 aliphatic carbocycles. The lowest BCUT2D eigenvalue weighted by Gasteiger charge is -2.23. The minimum Gasteiger partial charge on any atom is -0.365 e. The molecule has 0 radical (unpaired) electrons. The first-order valence-electron chi connectivity index (χ1n) is 6.81. The fraction of sp³-hybridized carbons (Fsp3) is 0.235. The van der Waals surface area contributed by atoms with E-state index in [1.807, 2.05) is 73.6 Å². The number of rotatable bonds is 5. The van der Waals surface area contributed by atoms with Crippen LogP contribution in [0.3, 0.4) is 0 Å². The van der Waals surface area contributed by atoms with E-state index < -0.39 is 0 Å². The van der Waals surface area contributed by atoms with E-state index in [0.717, 1.165) is 11.3 Å². The summed E-state index contributed by atoms with van der Waals surface area (Å²) in [6.07, 6.45) is 0. The lowest BCUT2D eigenvalue weighted by molar-refractivity contribution is -0.128. The van der Waals surface area contributed by atoms with Gasteiger partial charge in [0.25, 0.3) is 0 Å². The number of hydrogen-bond donors (Lipinski definition) is 0. The molecule has 2 rings (SSSR count). The molecule has 0 saturated carbocycles. The molecule has 21 heavy (non-hydrogen) atoms. The Balaban J connectivity index is 1.92. The van der Waals surface area contributed by atoms with Gasteiger partial charge in [0.15, 0.2) is 0 Å². The summed E-state index contributed by atoms with van der Waals surface area (Å²) in [6, 6.07) is 17.4. The zero-order chi connectivity index (χ0) is 15.2. The Morgan fingerprint density at radius 1 is 1.00 bits per heavy atom. The summed E-state index contributed by atoms with van der Waals surface area (Å²) in [7, 11) is 3.72. The van der Waals surface area contributed by atoms with E-state index >= 15 is 0 Å². The van der Waals surface area contributed by atoms with Crippen LogP contribution in [0.25, 0.3) is 0 Å². The van der Waals surface area contributed by atoms with Gasteiger partial charge in [-0.25, -0.2) is 0 Å². The maximum Gasteiger partial charge on any atom is 0.242 e. The van der Waals surface area contributed by atoms with Crippen LogP contribution in [0, 0.1) is 0 Å². The van der Waals surface area contributed by atoms with Gasteiger partial charge in [0, 0.05) is 31.4 Å². The van der Waals surface area contributed by atoms with Gasteiger partial charge in [-0.05, 0) is 29.8 Å². The maximum absolute atomic E-state index is 12.3. The zero-order valence-corrected chi connectivity index (χ0v) is 13.0. The van der Waals surface area contributed by atoms with Crippen LogP contribution >= 0.6 is 11.6 Å². The molecular formula is C17H19ClN2O. The van der Waals surface area contributed by atoms with Crippen LogP contribution in [0.4, 0.5) is 5.69 Å². The average Bonchev–Trinajstić information content (AvgIpc) is 2.48. The molecule has 110 valence electrons. The number of anilines is 1. The Morgan fingerprint density at radius 2 is 1.62 bits per heavy atom. The molecule has 3 nitrogen and oxygen atoms in total. The van der Waals surface area contributed by atoms with Crippen molar-refractivity contribution in [1.82, 2.24) is 4.90 Å². The lowest BCUT2D eigenvalue weighted by atomic mass is 10.2. The van der Waals surface area contributed by atoms with Crippen LogP contribution < -0.4 is 4.90 Å². The van der Waals surface area contributed by atoms with Crippen LogP contribution in [0.2, 0.25) is 5.02 Å². The summed E-state index contributed by atoms with van der Waals surface area (Å²) in [6.45, 7) is 0.957. The number of nitrogens with zero attached hydrogens (tertiary/aromatic N) is 2. The third-order valence-corrected chi connectivity index (χ3v) is 3.58. The highest BCUT2D eigenvalue weighted by molar-refractivity contribution is 6.30. The molecule has 0 unspecified atom stereocenters. The number of halogens is 1. The minimum atomic E-state index is 0.0799. The van der Waals surface area contributed by atoms with Gasteiger partial charge in [-0.1, -0.05) is 41.9 Å². The first kappa shape index (κ1) is 15.4. The van der Waals surface area contributed by atoms with E-state index in [1.165, 1.54) is 0 Å². The predicted molar refractivity (Wildman–Crippen MR) is 87.6 cm³/mol. The summed E-state index contributed by atoms with van der Waals surface area (Å²) in [5, 5.41) is 0.694. The van der Waals surface area contributed by atoms with Gasteiger partial charge >= 0.3 is 0 Å². The van der Waals surface area contributed by atoms with Crippen molar-refractivity contribution >= 4 is 23.2 Å². The fourth-order valence-electron chi connectivity index (χ4n) is 2.06. The summed E-state index contributed by atoms with van der Waals surface area (Å²) in [5.41, 5.74) is 2.10. The summed E-state index contributed by atoms with van der Waals surface area (Å²) in [4.78, 5) is 15.9. The molecular weight excluding hydrogens is 284 g/mol. The average molecular weight is 303 g/mol. The molecule has 2 aromatic carbocycles. The molecule has 0 saturated heterocycles. The second-order valence-corrected chi connectivity index (χ2v) is 5.50. The topological polar surface area (TPSA) is 23.6 Å². The summed E-state index contributed by atoms with van der Waals surface area (Å²) in [5.74, 6) is 0.0799. The van der Waals surface area contributed by atoms with Crippen molar-refractivity contribution in [2.45, 2.75) is 6.54 Å². The number of likely N-dealkylation sites (N-methyl/N-ethyl adjacent to an activating group) is 2. The van der Waals surface area contributed by atoms with Crippen LogP contribution in [-0.4, -0.2) is 31.4 Å². The quantitative estimate of drug-likeness (QED) is 0.845. The van der Waals surface area contributed by atoms with Crippen LogP contribution in [0.1, 0.15) is 5.56 Å². The van der Waals surface area contributed by atoms with E-state index in [-0.39, 0.29) is 5.91 Å². The van der Waals surface area contributed by atoms with Crippen LogP contribution in [0.15, 0.2) is 54.6 Å². The van der Waals surface area contributed by atoms with Crippen LogP contribution in [-0.2, 0) is 11.3 Å². The smallest absolute Gasteiger partial charge is 0.242 e. The van der Waals surface area contributed by atoms with Gasteiger partial charge in [-0.15, -0.1) is 0 Å². The standard InChI is InChI=1S/C17H19ClN2O/c1-19(16-10-8-15(18)9-11-16)13-17(21)20(2)12-14-6-4-3-5-7-14/h3-11H,12-13H2,1-2H3. The minimum absolute atomic E-state index is 0.0799. The summed E-state index contributed by atoms with van der Waals surface area (Å²) < 4.78 is 0. The third kappa shape index (κ3) is 4.50. The maximum atomic E-state index is 12.3. The van der Waals surface area contributed by atoms with Crippen molar-refractivity contribution < 1.29 is 4.79 Å². The molecule has 0 aromatic heterocycles. The molecule has 0 aliphatic heterocycles. The molecule has 2 aromatic rings. The highest BCUT2D eigenvalue weighted by Gasteiger charge is 2.12. The van der Waals surface area contributed by atoms with Gasteiger partial charge in [0.1, 0.15) is 0 Å². The monoisotopic (exact) mass is 302 g/mol. The molecule has 1 amide bonds. The number of carbonyl (C=O) groups excluding carboxylic acids is 1. The Labute approximate surface area is 130 Å². The Hall–Kier alpha value is -2.00. The highest BCUT2D eigenvalue weighted by atomic mass is 35.5. The van der Waals surface area contributed by atoms with E-state index in [4.69, 9.17) is 11.6 Å². The Bertz CT molecular complexity index is 583. The number of amides is 1. The number of hydrogen-bond acceptors (Lipinski definition) is 2. The van der Waals surface area contributed by atoms with E-state index in [9.17, 15) is 4.79 Å². The molecule has 0 atom stereocenters. The Kier molecular flexibility index (Phi) is 5.23. The largest absolute Gasteiger partial charge is 0.365 e. The van der Waals surface area contributed by atoms with E-state index in [2.05, 4.69) is 0 Å². The molecule has 4 heteroatoms. The number of benzene rings is 2. The predicted octanol–water partition coefficient (Wildman–Crippen LogP) is 3.43. The van der Waals surface area contributed by atoms with Gasteiger partial charge in [0.05, 0.1) is 6.54 Å². The van der Waals surface area contributed by atoms with Crippen molar-refractivity contribution in [3.8, 4) is 0 Å². The molecule has 0 bridgehead atoms. The van der Waals surface area contributed by atoms with Crippen molar-refractivity contribution in [1.29, 1.82) is 0 Å². The zero-order valence-electron chi connectivity index (χ0n) is 12.3. The van der Waals surface area contributed by atoms with Crippen LogP contribution in [0.5, 0.6) is 0 Å². The van der Waals surface area contributed by atoms with Gasteiger partial charge < -0.3 is 9.80 Å². The molecule has 0 fully saturated rings. The summed E-state index contributed by atoms with van der Waals surface area (Å²) >= 11 is 5.87. The third-order valence-electron chi connectivity index (χ3n) is 3.33. The van der Waals surface area contributed by atoms with Gasteiger partial charge in [0.2, 0.25) is 5.91 Å².